The van der Waals surface area contributed by atoms with Crippen LogP contribution in [0.5, 0.6) is 0 Å². The van der Waals surface area contributed by atoms with Crippen LogP contribution in [0.4, 0.5) is 0 Å². The van der Waals surface area contributed by atoms with Gasteiger partial charge in [-0.25, -0.2) is 9.97 Å². The molecule has 0 aliphatic rings. The molecule has 0 aliphatic heterocycles. The van der Waals surface area contributed by atoms with Crippen molar-refractivity contribution < 1.29 is 0 Å². The van der Waals surface area contributed by atoms with E-state index in [2.05, 4.69) is 237 Å². The van der Waals surface area contributed by atoms with Crippen LogP contribution in [0.1, 0.15) is 0 Å². The second kappa shape index (κ2) is 13.4. The predicted octanol–water partition coefficient (Wildman–Crippen LogP) is 14.5. The molecule has 6 heterocycles. The normalized spacial score (nSPS) is 12.1. The first-order valence-corrected chi connectivity index (χ1v) is 21.8. The molecule has 0 N–H and O–H groups in total. The third-order valence-corrected chi connectivity index (χ3v) is 13.1. The molecular formula is C58H36N6. The number of para-hydroxylation sites is 6. The van der Waals surface area contributed by atoms with E-state index in [0.29, 0.717) is 0 Å². The van der Waals surface area contributed by atoms with Crippen LogP contribution in [-0.2, 0) is 0 Å². The van der Waals surface area contributed by atoms with Gasteiger partial charge in [-0.15, -0.1) is 0 Å². The summed E-state index contributed by atoms with van der Waals surface area (Å²) >= 11 is 0. The van der Waals surface area contributed by atoms with E-state index in [1.165, 1.54) is 43.6 Å². The van der Waals surface area contributed by atoms with Crippen LogP contribution in [-0.4, -0.2) is 28.2 Å². The van der Waals surface area contributed by atoms with Crippen LogP contribution in [0, 0.1) is 0 Å². The average molecular weight is 817 g/mol. The maximum absolute atomic E-state index is 5.42. The molecule has 0 saturated carbocycles. The highest BCUT2D eigenvalue weighted by molar-refractivity contribution is 6.13. The number of fused-ring (bicyclic) bond motifs is 12. The summed E-state index contributed by atoms with van der Waals surface area (Å²) in [6, 6.07) is 78.2. The number of nitrogens with zero attached hydrogens (tertiary/aromatic N) is 6. The Morgan fingerprint density at radius 1 is 0.219 bits per heavy atom. The molecule has 6 nitrogen and oxygen atoms in total. The summed E-state index contributed by atoms with van der Waals surface area (Å²) in [4.78, 5) is 10.8. The summed E-state index contributed by atoms with van der Waals surface area (Å²) in [5.41, 5.74) is 17.1. The molecule has 0 spiro atoms. The Labute approximate surface area is 366 Å². The molecule has 0 atom stereocenters. The highest BCUT2D eigenvalue weighted by atomic mass is 15.0. The van der Waals surface area contributed by atoms with Crippen molar-refractivity contribution >= 4 is 87.5 Å². The molecule has 0 radical (unpaired) electrons. The van der Waals surface area contributed by atoms with Crippen molar-refractivity contribution in [2.45, 2.75) is 0 Å². The van der Waals surface area contributed by atoms with Crippen LogP contribution >= 0.6 is 0 Å². The number of hydrogen-bond acceptors (Lipinski definition) is 2. The lowest BCUT2D eigenvalue weighted by molar-refractivity contribution is 1.16. The lowest BCUT2D eigenvalue weighted by Crippen LogP contribution is -1.96. The van der Waals surface area contributed by atoms with E-state index in [4.69, 9.17) is 9.97 Å². The van der Waals surface area contributed by atoms with E-state index in [-0.39, 0.29) is 0 Å². The molecule has 298 valence electrons. The summed E-state index contributed by atoms with van der Waals surface area (Å²) in [7, 11) is 0. The van der Waals surface area contributed by atoms with Gasteiger partial charge in [0, 0.05) is 55.1 Å². The summed E-state index contributed by atoms with van der Waals surface area (Å²) in [6.45, 7) is 0. The van der Waals surface area contributed by atoms with Crippen molar-refractivity contribution in [2.75, 3.05) is 0 Å². The zero-order chi connectivity index (χ0) is 41.9. The van der Waals surface area contributed by atoms with E-state index < -0.39 is 0 Å². The van der Waals surface area contributed by atoms with Gasteiger partial charge >= 0.3 is 0 Å². The fraction of sp³-hybridized carbons (Fsp3) is 0. The van der Waals surface area contributed by atoms with Gasteiger partial charge in [0.15, 0.2) is 0 Å². The zero-order valence-corrected chi connectivity index (χ0v) is 34.5. The summed E-state index contributed by atoms with van der Waals surface area (Å²) in [6.07, 6.45) is 0. The molecule has 14 aromatic rings. The molecule has 6 aromatic heterocycles. The van der Waals surface area contributed by atoms with Crippen molar-refractivity contribution in [1.29, 1.82) is 0 Å². The van der Waals surface area contributed by atoms with Crippen LogP contribution in [0.25, 0.3) is 122 Å². The standard InChI is InChI=1S/C58H36N6/c1-3-15-37(16-4-1)61-49-23-11-7-19-41(49)45-35-39(27-31-53(45)61)63-51-25-13-9-21-43(51)57-55(63)33-29-47(59-57)48-30-34-56-58(60-48)44-22-10-14-26-52(44)64(56)40-28-32-54-46(36-40)42-20-8-12-24-50(42)62(54)38-17-5-2-6-18-38/h1-36H. The Morgan fingerprint density at radius 2 is 0.531 bits per heavy atom. The Morgan fingerprint density at radius 3 is 0.953 bits per heavy atom. The van der Waals surface area contributed by atoms with Crippen molar-refractivity contribution in [3.8, 4) is 34.1 Å². The summed E-state index contributed by atoms with van der Waals surface area (Å²) < 4.78 is 9.43. The minimum absolute atomic E-state index is 0.839. The summed E-state index contributed by atoms with van der Waals surface area (Å²) in [5.74, 6) is 0. The van der Waals surface area contributed by atoms with Gasteiger partial charge in [-0.1, -0.05) is 109 Å². The topological polar surface area (TPSA) is 45.5 Å². The minimum Gasteiger partial charge on any atom is -0.309 e. The first kappa shape index (κ1) is 34.9. The van der Waals surface area contributed by atoms with Crippen LogP contribution in [0.2, 0.25) is 0 Å². The smallest absolute Gasteiger partial charge is 0.0971 e. The van der Waals surface area contributed by atoms with E-state index in [0.717, 1.165) is 78.0 Å². The maximum Gasteiger partial charge on any atom is 0.0971 e. The first-order valence-electron chi connectivity index (χ1n) is 21.8. The van der Waals surface area contributed by atoms with E-state index >= 15 is 0 Å². The van der Waals surface area contributed by atoms with Gasteiger partial charge in [0.05, 0.1) is 66.6 Å². The van der Waals surface area contributed by atoms with Crippen molar-refractivity contribution in [3.05, 3.63) is 218 Å². The molecular weight excluding hydrogens is 781 g/mol. The molecule has 0 fully saturated rings. The minimum atomic E-state index is 0.839. The fourth-order valence-electron chi connectivity index (χ4n) is 10.4. The zero-order valence-electron chi connectivity index (χ0n) is 34.5. The molecule has 0 bridgehead atoms. The molecule has 14 rings (SSSR count). The Bertz CT molecular complexity index is 3910. The maximum atomic E-state index is 5.42. The Kier molecular flexibility index (Phi) is 7.30. The third-order valence-electron chi connectivity index (χ3n) is 13.1. The molecule has 0 amide bonds. The van der Waals surface area contributed by atoms with Gasteiger partial charge in [0.1, 0.15) is 0 Å². The fourth-order valence-corrected chi connectivity index (χ4v) is 10.4. The summed E-state index contributed by atoms with van der Waals surface area (Å²) in [5, 5.41) is 7.08. The lowest BCUT2D eigenvalue weighted by Gasteiger charge is -2.11. The first-order chi connectivity index (χ1) is 31.8. The van der Waals surface area contributed by atoms with Crippen LogP contribution in [0.15, 0.2) is 218 Å². The van der Waals surface area contributed by atoms with Crippen molar-refractivity contribution in [1.82, 2.24) is 28.2 Å². The van der Waals surface area contributed by atoms with Crippen molar-refractivity contribution in [3.63, 3.8) is 0 Å². The molecule has 0 saturated heterocycles. The molecule has 0 unspecified atom stereocenters. The largest absolute Gasteiger partial charge is 0.309 e. The van der Waals surface area contributed by atoms with Gasteiger partial charge in [-0.05, 0) is 109 Å². The second-order valence-corrected chi connectivity index (χ2v) is 16.6. The van der Waals surface area contributed by atoms with Gasteiger partial charge in [-0.3, -0.25) is 0 Å². The number of benzene rings is 8. The molecule has 64 heavy (non-hydrogen) atoms. The monoisotopic (exact) mass is 816 g/mol. The number of aromatic nitrogens is 6. The molecule has 8 aromatic carbocycles. The van der Waals surface area contributed by atoms with Gasteiger partial charge in [-0.2, -0.15) is 0 Å². The number of rotatable bonds is 5. The molecule has 0 aliphatic carbocycles. The Hall–Kier alpha value is -8.74. The third kappa shape index (κ3) is 4.96. The van der Waals surface area contributed by atoms with Gasteiger partial charge in [0.2, 0.25) is 0 Å². The van der Waals surface area contributed by atoms with Crippen LogP contribution < -0.4 is 0 Å². The number of hydrogen-bond donors (Lipinski definition) is 0. The quantitative estimate of drug-likeness (QED) is 0.174. The highest BCUT2D eigenvalue weighted by Crippen LogP contribution is 2.40. The average Bonchev–Trinajstić information content (AvgIpc) is 4.09. The SMILES string of the molecule is c1ccc(-n2c3ccccc3c3cc(-n4c5ccccc5c5nc(-c6ccc7c(n6)c6ccccc6n7-c6ccc7c(c6)c6ccccc6n7-c6ccccc6)ccc54)ccc32)cc1. The molecule has 6 heteroatoms. The lowest BCUT2D eigenvalue weighted by atomic mass is 10.1. The van der Waals surface area contributed by atoms with E-state index in [1.807, 2.05) is 0 Å². The van der Waals surface area contributed by atoms with Gasteiger partial charge < -0.3 is 18.3 Å². The van der Waals surface area contributed by atoms with Crippen molar-refractivity contribution in [2.24, 2.45) is 0 Å². The van der Waals surface area contributed by atoms with E-state index in [1.54, 1.807) is 0 Å². The predicted molar refractivity (Wildman–Crippen MR) is 265 cm³/mol. The van der Waals surface area contributed by atoms with Crippen LogP contribution in [0.3, 0.4) is 0 Å². The number of pyridine rings is 2. The second-order valence-electron chi connectivity index (χ2n) is 16.6. The highest BCUT2D eigenvalue weighted by Gasteiger charge is 2.21. The Balaban J connectivity index is 0.917. The van der Waals surface area contributed by atoms with Gasteiger partial charge in [0.25, 0.3) is 0 Å². The van der Waals surface area contributed by atoms with E-state index in [9.17, 15) is 0 Å².